The first-order chi connectivity index (χ1) is 15.8. The number of carbonyl (C=O) groups excluding carboxylic acids is 1. The van der Waals surface area contributed by atoms with E-state index >= 15 is 0 Å². The van der Waals surface area contributed by atoms with Crippen molar-refractivity contribution >= 4 is 37.5 Å². The van der Waals surface area contributed by atoms with Crippen LogP contribution in [0.1, 0.15) is 23.6 Å². The van der Waals surface area contributed by atoms with Crippen molar-refractivity contribution in [1.82, 2.24) is 4.31 Å². The third-order valence-electron chi connectivity index (χ3n) is 5.99. The Morgan fingerprint density at radius 3 is 2.45 bits per heavy atom. The molecule has 0 radical (unpaired) electrons. The predicted octanol–water partition coefficient (Wildman–Crippen LogP) is 4.97. The average molecular weight is 527 g/mol. The van der Waals surface area contributed by atoms with Crippen LogP contribution in [0.4, 0.5) is 5.69 Å². The highest BCUT2D eigenvalue weighted by atomic mass is 79.9. The topological polar surface area (TPSA) is 57.7 Å². The van der Waals surface area contributed by atoms with Gasteiger partial charge in [-0.2, -0.15) is 4.31 Å². The molecular formula is C26H27BrN2O3S. The van der Waals surface area contributed by atoms with Gasteiger partial charge >= 0.3 is 0 Å². The van der Waals surface area contributed by atoms with Crippen molar-refractivity contribution < 1.29 is 13.2 Å². The van der Waals surface area contributed by atoms with Gasteiger partial charge in [0, 0.05) is 22.7 Å². The first-order valence-corrected chi connectivity index (χ1v) is 13.2. The number of halogens is 1. The van der Waals surface area contributed by atoms with Crippen molar-refractivity contribution in [3.63, 3.8) is 0 Å². The van der Waals surface area contributed by atoms with E-state index in [1.54, 1.807) is 29.2 Å². The number of anilines is 1. The smallest absolute Gasteiger partial charge is 0.243 e. The van der Waals surface area contributed by atoms with Crippen LogP contribution in [-0.4, -0.2) is 37.8 Å². The highest BCUT2D eigenvalue weighted by Gasteiger charge is 2.34. The molecule has 0 N–H and O–H groups in total. The second-order valence-corrected chi connectivity index (χ2v) is 11.3. The Morgan fingerprint density at radius 1 is 1.06 bits per heavy atom. The van der Waals surface area contributed by atoms with Gasteiger partial charge < -0.3 is 4.90 Å². The van der Waals surface area contributed by atoms with E-state index in [2.05, 4.69) is 15.9 Å². The number of fused-ring (bicyclic) bond motifs is 1. The molecule has 5 nitrogen and oxygen atoms in total. The highest BCUT2D eigenvalue weighted by Crippen LogP contribution is 2.34. The zero-order valence-electron chi connectivity index (χ0n) is 18.7. The SMILES string of the molecule is Cc1ccc(S(=O)(=O)N(CCc2ccccc2)CC(=O)N2c3ccc(Br)cc3C[C@H]2C)cc1. The molecule has 0 aromatic heterocycles. The maximum atomic E-state index is 13.5. The molecule has 3 aromatic rings. The molecule has 4 rings (SSSR count). The normalized spacial score (nSPS) is 15.6. The van der Waals surface area contributed by atoms with Crippen LogP contribution in [0.5, 0.6) is 0 Å². The summed E-state index contributed by atoms with van der Waals surface area (Å²) >= 11 is 3.49. The summed E-state index contributed by atoms with van der Waals surface area (Å²) in [6, 6.07) is 22.3. The third kappa shape index (κ3) is 5.21. The van der Waals surface area contributed by atoms with Crippen LogP contribution in [-0.2, 0) is 27.7 Å². The minimum Gasteiger partial charge on any atom is -0.308 e. The number of nitrogens with zero attached hydrogens (tertiary/aromatic N) is 2. The van der Waals surface area contributed by atoms with Crippen LogP contribution >= 0.6 is 15.9 Å². The monoisotopic (exact) mass is 526 g/mol. The van der Waals surface area contributed by atoms with Crippen molar-refractivity contribution in [3.8, 4) is 0 Å². The molecule has 172 valence electrons. The van der Waals surface area contributed by atoms with E-state index in [-0.39, 0.29) is 29.9 Å². The Morgan fingerprint density at radius 2 is 1.76 bits per heavy atom. The number of hydrogen-bond acceptors (Lipinski definition) is 3. The molecule has 0 saturated heterocycles. The molecule has 0 saturated carbocycles. The van der Waals surface area contributed by atoms with Gasteiger partial charge in [0.2, 0.25) is 15.9 Å². The Bertz CT molecular complexity index is 1240. The fourth-order valence-corrected chi connectivity index (χ4v) is 6.05. The van der Waals surface area contributed by atoms with Crippen LogP contribution in [0.25, 0.3) is 0 Å². The average Bonchev–Trinajstić information content (AvgIpc) is 3.12. The maximum Gasteiger partial charge on any atom is 0.243 e. The van der Waals surface area contributed by atoms with Gasteiger partial charge in [-0.05, 0) is 68.1 Å². The van der Waals surface area contributed by atoms with E-state index in [0.717, 1.165) is 33.3 Å². The van der Waals surface area contributed by atoms with Crippen molar-refractivity contribution in [1.29, 1.82) is 0 Å². The van der Waals surface area contributed by atoms with E-state index in [9.17, 15) is 13.2 Å². The fourth-order valence-electron chi connectivity index (χ4n) is 4.25. The molecule has 1 aliphatic rings. The third-order valence-corrected chi connectivity index (χ3v) is 8.34. The first kappa shape index (κ1) is 23.7. The van der Waals surface area contributed by atoms with Crippen molar-refractivity contribution in [3.05, 3.63) is 94.0 Å². The molecule has 0 aliphatic carbocycles. The standard InChI is InChI=1S/C26H27BrN2O3S/c1-19-8-11-24(12-9-19)33(31,32)28(15-14-21-6-4-3-5-7-21)18-26(30)29-20(2)16-22-17-23(27)10-13-25(22)29/h3-13,17,20H,14-16,18H2,1-2H3/t20-/m1/s1. The minimum absolute atomic E-state index is 0.0279. The maximum absolute atomic E-state index is 13.5. The van der Waals surface area contributed by atoms with Crippen molar-refractivity contribution in [2.45, 2.75) is 37.6 Å². The molecule has 33 heavy (non-hydrogen) atoms. The lowest BCUT2D eigenvalue weighted by atomic mass is 10.1. The Hall–Kier alpha value is -2.48. The minimum atomic E-state index is -3.84. The quantitative estimate of drug-likeness (QED) is 0.436. The van der Waals surface area contributed by atoms with Crippen LogP contribution in [0, 0.1) is 6.92 Å². The molecule has 0 spiro atoms. The summed E-state index contributed by atoms with van der Waals surface area (Å²) in [5, 5.41) is 0. The van der Waals surface area contributed by atoms with Gasteiger partial charge in [0.1, 0.15) is 0 Å². The number of carbonyl (C=O) groups is 1. The van der Waals surface area contributed by atoms with Gasteiger partial charge in [-0.1, -0.05) is 64.0 Å². The fraction of sp³-hybridized carbons (Fsp3) is 0.269. The summed E-state index contributed by atoms with van der Waals surface area (Å²) in [4.78, 5) is 15.4. The molecular weight excluding hydrogens is 500 g/mol. The zero-order chi connectivity index (χ0) is 23.6. The summed E-state index contributed by atoms with van der Waals surface area (Å²) < 4.78 is 29.4. The summed E-state index contributed by atoms with van der Waals surface area (Å²) in [5.74, 6) is -0.215. The molecule has 1 amide bonds. The molecule has 3 aromatic carbocycles. The summed E-state index contributed by atoms with van der Waals surface area (Å²) in [5.41, 5.74) is 3.95. The molecule has 1 aliphatic heterocycles. The Kier molecular flexibility index (Phi) is 7.02. The Labute approximate surface area is 204 Å². The number of rotatable bonds is 7. The Balaban J connectivity index is 1.62. The van der Waals surface area contributed by atoms with E-state index in [1.165, 1.54) is 4.31 Å². The van der Waals surface area contributed by atoms with E-state index in [4.69, 9.17) is 0 Å². The molecule has 0 bridgehead atoms. The number of hydrogen-bond donors (Lipinski definition) is 0. The summed E-state index contributed by atoms with van der Waals surface area (Å²) in [7, 11) is -3.84. The van der Waals surface area contributed by atoms with Crippen molar-refractivity contribution in [2.24, 2.45) is 0 Å². The van der Waals surface area contributed by atoms with Gasteiger partial charge in [0.15, 0.2) is 0 Å². The van der Waals surface area contributed by atoms with Gasteiger partial charge in [-0.3, -0.25) is 4.79 Å². The van der Waals surface area contributed by atoms with Crippen LogP contribution in [0.15, 0.2) is 82.2 Å². The van der Waals surface area contributed by atoms with Gasteiger partial charge in [0.25, 0.3) is 0 Å². The lowest BCUT2D eigenvalue weighted by Gasteiger charge is -2.27. The summed E-state index contributed by atoms with van der Waals surface area (Å²) in [6.45, 7) is 3.93. The van der Waals surface area contributed by atoms with Crippen LogP contribution in [0.2, 0.25) is 0 Å². The number of benzene rings is 3. The molecule has 7 heteroatoms. The second kappa shape index (κ2) is 9.79. The second-order valence-electron chi connectivity index (χ2n) is 8.48. The molecule has 1 heterocycles. The molecule has 1 atom stereocenters. The van der Waals surface area contributed by atoms with E-state index in [1.807, 2.05) is 62.4 Å². The van der Waals surface area contributed by atoms with Crippen LogP contribution < -0.4 is 4.90 Å². The lowest BCUT2D eigenvalue weighted by Crippen LogP contribution is -2.45. The van der Waals surface area contributed by atoms with Gasteiger partial charge in [-0.25, -0.2) is 8.42 Å². The van der Waals surface area contributed by atoms with Gasteiger partial charge in [-0.15, -0.1) is 0 Å². The molecule has 0 unspecified atom stereocenters. The zero-order valence-corrected chi connectivity index (χ0v) is 21.1. The number of amides is 1. The predicted molar refractivity (Wildman–Crippen MR) is 135 cm³/mol. The summed E-state index contributed by atoms with van der Waals surface area (Å²) in [6.07, 6.45) is 1.27. The highest BCUT2D eigenvalue weighted by molar-refractivity contribution is 9.10. The first-order valence-electron chi connectivity index (χ1n) is 11.0. The molecule has 0 fully saturated rings. The number of aryl methyl sites for hydroxylation is 1. The van der Waals surface area contributed by atoms with E-state index < -0.39 is 10.0 Å². The van der Waals surface area contributed by atoms with Crippen molar-refractivity contribution in [2.75, 3.05) is 18.0 Å². The lowest BCUT2D eigenvalue weighted by molar-refractivity contribution is -0.119. The van der Waals surface area contributed by atoms with Gasteiger partial charge in [0.05, 0.1) is 11.4 Å². The van der Waals surface area contributed by atoms with E-state index in [0.29, 0.717) is 6.42 Å². The number of sulfonamides is 1. The largest absolute Gasteiger partial charge is 0.308 e. The van der Waals surface area contributed by atoms with Crippen LogP contribution in [0.3, 0.4) is 0 Å².